The van der Waals surface area contributed by atoms with Crippen LogP contribution in [0.15, 0.2) is 24.3 Å². The fraction of sp³-hybridized carbons (Fsp3) is 0.571. The molecule has 1 aromatic carbocycles. The molecular weight excluding hydrogens is 271 g/mol. The van der Waals surface area contributed by atoms with Crippen molar-refractivity contribution in [2.45, 2.75) is 43.8 Å². The Bertz CT molecular complexity index is 416. The van der Waals surface area contributed by atoms with Crippen LogP contribution in [0.2, 0.25) is 0 Å². The molecule has 0 aliphatic carbocycles. The summed E-state index contributed by atoms with van der Waals surface area (Å²) in [5, 5.41) is 4.15. The second-order valence-electron chi connectivity index (χ2n) is 5.08. The Hall–Kier alpha value is -0.680. The Balaban J connectivity index is 1.98. The van der Waals surface area contributed by atoms with Gasteiger partial charge >= 0.3 is 6.18 Å². The predicted molar refractivity (Wildman–Crippen MR) is 73.3 cm³/mol. The first kappa shape index (κ1) is 14.7. The summed E-state index contributed by atoms with van der Waals surface area (Å²) in [4.78, 5) is 0. The lowest BCUT2D eigenvalue weighted by molar-refractivity contribution is -0.137. The third kappa shape index (κ3) is 3.89. The lowest BCUT2D eigenvalue weighted by Gasteiger charge is -2.20. The number of alkyl halides is 3. The van der Waals surface area contributed by atoms with Gasteiger partial charge < -0.3 is 5.32 Å². The summed E-state index contributed by atoms with van der Waals surface area (Å²) in [5.41, 5.74) is 0.311. The van der Waals surface area contributed by atoms with Gasteiger partial charge in [0.05, 0.1) is 5.56 Å². The van der Waals surface area contributed by atoms with Gasteiger partial charge in [-0.3, -0.25) is 0 Å². The van der Waals surface area contributed by atoms with Gasteiger partial charge in [0.25, 0.3) is 0 Å². The first-order valence-corrected chi connectivity index (χ1v) is 7.46. The highest BCUT2D eigenvalue weighted by Gasteiger charge is 2.30. The monoisotopic (exact) mass is 289 g/mol. The molecule has 0 spiro atoms. The highest BCUT2D eigenvalue weighted by molar-refractivity contribution is 8.00. The molecule has 0 radical (unpaired) electrons. The molecule has 0 aromatic heterocycles. The number of hydrogen-bond acceptors (Lipinski definition) is 2. The van der Waals surface area contributed by atoms with Crippen LogP contribution in [0.1, 0.15) is 37.4 Å². The van der Waals surface area contributed by atoms with E-state index in [9.17, 15) is 13.2 Å². The van der Waals surface area contributed by atoms with Gasteiger partial charge in [0, 0.05) is 23.1 Å². The van der Waals surface area contributed by atoms with Crippen molar-refractivity contribution >= 4 is 11.8 Å². The Labute approximate surface area is 116 Å². The van der Waals surface area contributed by atoms with Gasteiger partial charge in [-0.15, -0.1) is 0 Å². The lowest BCUT2D eigenvalue weighted by atomic mass is 10.0. The largest absolute Gasteiger partial charge is 0.416 e. The summed E-state index contributed by atoms with van der Waals surface area (Å²) < 4.78 is 37.4. The van der Waals surface area contributed by atoms with Crippen molar-refractivity contribution in [3.63, 3.8) is 0 Å². The molecule has 5 heteroatoms. The van der Waals surface area contributed by atoms with Crippen LogP contribution in [0.3, 0.4) is 0 Å². The normalized spacial score (nSPS) is 25.5. The molecule has 0 amide bonds. The molecule has 1 aliphatic heterocycles. The quantitative estimate of drug-likeness (QED) is 0.892. The number of hydrogen-bond donors (Lipinski definition) is 1. The highest BCUT2D eigenvalue weighted by atomic mass is 32.2. The molecule has 1 aromatic rings. The van der Waals surface area contributed by atoms with Crippen molar-refractivity contribution in [2.75, 3.05) is 5.75 Å². The average Bonchev–Trinajstić information content (AvgIpc) is 2.74. The van der Waals surface area contributed by atoms with E-state index in [0.717, 1.165) is 29.9 Å². The molecule has 1 aliphatic rings. The molecule has 106 valence electrons. The maximum Gasteiger partial charge on any atom is 0.416 e. The molecular formula is C14H18F3NS. The van der Waals surface area contributed by atoms with Gasteiger partial charge in [0.1, 0.15) is 0 Å². The summed E-state index contributed by atoms with van der Waals surface area (Å²) >= 11 is 1.94. The third-order valence-corrected chi connectivity index (χ3v) is 4.78. The van der Waals surface area contributed by atoms with Crippen molar-refractivity contribution < 1.29 is 13.2 Å². The summed E-state index contributed by atoms with van der Waals surface area (Å²) in [5.74, 6) is 1.08. The van der Waals surface area contributed by atoms with E-state index in [0.29, 0.717) is 11.3 Å². The van der Waals surface area contributed by atoms with Crippen LogP contribution in [0.5, 0.6) is 0 Å². The maximum absolute atomic E-state index is 12.5. The minimum absolute atomic E-state index is 0.0817. The van der Waals surface area contributed by atoms with Crippen molar-refractivity contribution in [2.24, 2.45) is 0 Å². The SMILES string of the molecule is CC1CC(NC(C)c2ccc(C(F)(F)F)cc2)CS1. The first-order valence-electron chi connectivity index (χ1n) is 6.41. The van der Waals surface area contributed by atoms with Gasteiger partial charge in [-0.25, -0.2) is 0 Å². The zero-order valence-corrected chi connectivity index (χ0v) is 11.8. The van der Waals surface area contributed by atoms with E-state index in [-0.39, 0.29) is 6.04 Å². The number of nitrogens with one attached hydrogen (secondary N) is 1. The summed E-state index contributed by atoms with van der Waals surface area (Å²) in [6, 6.07) is 5.97. The van der Waals surface area contributed by atoms with Crippen molar-refractivity contribution in [1.29, 1.82) is 0 Å². The van der Waals surface area contributed by atoms with E-state index in [1.54, 1.807) is 12.1 Å². The van der Waals surface area contributed by atoms with Crippen molar-refractivity contribution in [3.05, 3.63) is 35.4 Å². The third-order valence-electron chi connectivity index (χ3n) is 3.42. The van der Waals surface area contributed by atoms with Gasteiger partial charge in [-0.2, -0.15) is 24.9 Å². The van der Waals surface area contributed by atoms with E-state index in [1.165, 1.54) is 0 Å². The first-order chi connectivity index (χ1) is 8.86. The van der Waals surface area contributed by atoms with Crippen LogP contribution in [-0.2, 0) is 6.18 Å². The average molecular weight is 289 g/mol. The second-order valence-corrected chi connectivity index (χ2v) is 6.56. The van der Waals surface area contributed by atoms with Crippen LogP contribution in [-0.4, -0.2) is 17.0 Å². The van der Waals surface area contributed by atoms with E-state index in [4.69, 9.17) is 0 Å². The van der Waals surface area contributed by atoms with Crippen LogP contribution in [0, 0.1) is 0 Å². The van der Waals surface area contributed by atoms with E-state index in [2.05, 4.69) is 12.2 Å². The zero-order chi connectivity index (χ0) is 14.0. The Morgan fingerprint density at radius 1 is 1.26 bits per heavy atom. The fourth-order valence-corrected chi connectivity index (χ4v) is 3.51. The molecule has 1 nitrogen and oxygen atoms in total. The van der Waals surface area contributed by atoms with Crippen LogP contribution in [0.25, 0.3) is 0 Å². The topological polar surface area (TPSA) is 12.0 Å². The van der Waals surface area contributed by atoms with Crippen LogP contribution in [0.4, 0.5) is 13.2 Å². The molecule has 3 atom stereocenters. The highest BCUT2D eigenvalue weighted by Crippen LogP contribution is 2.31. The van der Waals surface area contributed by atoms with E-state index < -0.39 is 11.7 Å². The maximum atomic E-state index is 12.5. The molecule has 2 rings (SSSR count). The zero-order valence-electron chi connectivity index (χ0n) is 11.0. The Kier molecular flexibility index (Phi) is 4.46. The fourth-order valence-electron chi connectivity index (χ4n) is 2.34. The number of rotatable bonds is 3. The molecule has 0 bridgehead atoms. The molecule has 1 fully saturated rings. The molecule has 1 heterocycles. The summed E-state index contributed by atoms with van der Waals surface area (Å²) in [6.45, 7) is 4.20. The number of thioether (sulfide) groups is 1. The smallest absolute Gasteiger partial charge is 0.307 e. The van der Waals surface area contributed by atoms with Gasteiger partial charge in [-0.1, -0.05) is 19.1 Å². The minimum Gasteiger partial charge on any atom is -0.307 e. The predicted octanol–water partition coefficient (Wildman–Crippen LogP) is 4.25. The van der Waals surface area contributed by atoms with Crippen molar-refractivity contribution in [1.82, 2.24) is 5.32 Å². The van der Waals surface area contributed by atoms with Gasteiger partial charge in [0.2, 0.25) is 0 Å². The second kappa shape index (κ2) is 5.75. The Morgan fingerprint density at radius 3 is 2.37 bits per heavy atom. The lowest BCUT2D eigenvalue weighted by Crippen LogP contribution is -2.31. The van der Waals surface area contributed by atoms with Gasteiger partial charge in [0.15, 0.2) is 0 Å². The summed E-state index contributed by atoms with van der Waals surface area (Å²) in [7, 11) is 0. The molecule has 1 N–H and O–H groups in total. The Morgan fingerprint density at radius 2 is 1.89 bits per heavy atom. The molecule has 19 heavy (non-hydrogen) atoms. The van der Waals surface area contributed by atoms with Crippen LogP contribution < -0.4 is 5.32 Å². The molecule has 3 unspecified atom stereocenters. The number of halogens is 3. The minimum atomic E-state index is -4.26. The molecule has 0 saturated carbocycles. The molecule has 1 saturated heterocycles. The number of benzene rings is 1. The van der Waals surface area contributed by atoms with E-state index >= 15 is 0 Å². The van der Waals surface area contributed by atoms with E-state index in [1.807, 2.05) is 18.7 Å². The van der Waals surface area contributed by atoms with Crippen LogP contribution >= 0.6 is 11.8 Å². The van der Waals surface area contributed by atoms with Gasteiger partial charge in [-0.05, 0) is 31.0 Å². The summed E-state index contributed by atoms with van der Waals surface area (Å²) in [6.07, 6.45) is -3.14. The van der Waals surface area contributed by atoms with Crippen molar-refractivity contribution in [3.8, 4) is 0 Å². The standard InChI is InChI=1S/C14H18F3NS/c1-9-7-13(8-19-9)18-10(2)11-3-5-12(6-4-11)14(15,16)17/h3-6,9-10,13,18H,7-8H2,1-2H3.